The molecule has 3 N–H and O–H groups in total. The second kappa shape index (κ2) is 4.73. The van der Waals surface area contributed by atoms with Crippen LogP contribution in [0.2, 0.25) is 0 Å². The zero-order valence-corrected chi connectivity index (χ0v) is 7.47. The van der Waals surface area contributed by atoms with Crippen LogP contribution < -0.4 is 11.1 Å². The third-order valence-corrected chi connectivity index (χ3v) is 2.37. The Bertz CT molecular complexity index is 99.7. The standard InChI is InChI=1S/C9H20N2/c1-2-11-7-3-4-9(10)8-5-6-8/h8-9,11H,2-7,10H2,1H3. The smallest absolute Gasteiger partial charge is 0.00676 e. The summed E-state index contributed by atoms with van der Waals surface area (Å²) in [4.78, 5) is 0. The van der Waals surface area contributed by atoms with Crippen molar-refractivity contribution in [3.63, 3.8) is 0 Å². The Balaban J connectivity index is 1.85. The summed E-state index contributed by atoms with van der Waals surface area (Å²) in [5, 5.41) is 3.31. The van der Waals surface area contributed by atoms with Gasteiger partial charge in [-0.1, -0.05) is 6.92 Å². The van der Waals surface area contributed by atoms with E-state index in [9.17, 15) is 0 Å². The predicted molar refractivity (Wildman–Crippen MR) is 48.5 cm³/mol. The van der Waals surface area contributed by atoms with E-state index in [0.29, 0.717) is 6.04 Å². The lowest BCUT2D eigenvalue weighted by Crippen LogP contribution is -2.24. The molecular weight excluding hydrogens is 136 g/mol. The summed E-state index contributed by atoms with van der Waals surface area (Å²) in [7, 11) is 0. The van der Waals surface area contributed by atoms with Gasteiger partial charge in [-0.05, 0) is 44.7 Å². The molecule has 1 aliphatic carbocycles. The van der Waals surface area contributed by atoms with Gasteiger partial charge in [-0.15, -0.1) is 0 Å². The first-order valence-electron chi connectivity index (χ1n) is 4.81. The molecule has 66 valence electrons. The average Bonchev–Trinajstić information content (AvgIpc) is 2.79. The molecule has 1 rings (SSSR count). The van der Waals surface area contributed by atoms with E-state index >= 15 is 0 Å². The first kappa shape index (κ1) is 9.01. The highest BCUT2D eigenvalue weighted by molar-refractivity contribution is 4.83. The Kier molecular flexibility index (Phi) is 3.87. The molecular formula is C9H20N2. The molecule has 1 saturated carbocycles. The molecule has 0 aromatic heterocycles. The molecule has 0 amide bonds. The monoisotopic (exact) mass is 156 g/mol. The Morgan fingerprint density at radius 2 is 2.27 bits per heavy atom. The summed E-state index contributed by atoms with van der Waals surface area (Å²) >= 11 is 0. The predicted octanol–water partition coefficient (Wildman–Crippen LogP) is 1.11. The lowest BCUT2D eigenvalue weighted by Gasteiger charge is -2.09. The van der Waals surface area contributed by atoms with Crippen LogP contribution in [0.4, 0.5) is 0 Å². The Hall–Kier alpha value is -0.0800. The summed E-state index contributed by atoms with van der Waals surface area (Å²) in [6.45, 7) is 4.36. The molecule has 2 heteroatoms. The van der Waals surface area contributed by atoms with E-state index < -0.39 is 0 Å². The molecule has 11 heavy (non-hydrogen) atoms. The maximum Gasteiger partial charge on any atom is 0.00676 e. The van der Waals surface area contributed by atoms with Crippen molar-refractivity contribution in [3.8, 4) is 0 Å². The van der Waals surface area contributed by atoms with Crippen molar-refractivity contribution in [2.24, 2.45) is 11.7 Å². The number of rotatable bonds is 6. The van der Waals surface area contributed by atoms with Gasteiger partial charge in [0.1, 0.15) is 0 Å². The Morgan fingerprint density at radius 3 is 2.82 bits per heavy atom. The van der Waals surface area contributed by atoms with Crippen LogP contribution >= 0.6 is 0 Å². The number of nitrogens with one attached hydrogen (secondary N) is 1. The van der Waals surface area contributed by atoms with E-state index in [2.05, 4.69) is 12.2 Å². The normalized spacial score (nSPS) is 20.2. The van der Waals surface area contributed by atoms with E-state index in [-0.39, 0.29) is 0 Å². The Morgan fingerprint density at radius 1 is 1.55 bits per heavy atom. The number of hydrogen-bond acceptors (Lipinski definition) is 2. The minimum Gasteiger partial charge on any atom is -0.327 e. The molecule has 1 fully saturated rings. The molecule has 0 bridgehead atoms. The topological polar surface area (TPSA) is 38.0 Å². The SMILES string of the molecule is CCNCCCC(N)C1CC1. The lowest BCUT2D eigenvalue weighted by atomic mass is 10.1. The minimum absolute atomic E-state index is 0.494. The summed E-state index contributed by atoms with van der Waals surface area (Å²) in [5.74, 6) is 0.872. The largest absolute Gasteiger partial charge is 0.327 e. The minimum atomic E-state index is 0.494. The molecule has 0 radical (unpaired) electrons. The fourth-order valence-corrected chi connectivity index (χ4v) is 1.40. The van der Waals surface area contributed by atoms with Gasteiger partial charge in [-0.3, -0.25) is 0 Å². The highest BCUT2D eigenvalue weighted by Gasteiger charge is 2.27. The van der Waals surface area contributed by atoms with Crippen LogP contribution in [0.1, 0.15) is 32.6 Å². The van der Waals surface area contributed by atoms with Crippen LogP contribution in [0.25, 0.3) is 0 Å². The van der Waals surface area contributed by atoms with E-state index in [1.165, 1.54) is 25.7 Å². The number of hydrogen-bond donors (Lipinski definition) is 2. The van der Waals surface area contributed by atoms with Crippen molar-refractivity contribution >= 4 is 0 Å². The maximum atomic E-state index is 5.93. The van der Waals surface area contributed by atoms with Crippen molar-refractivity contribution in [2.75, 3.05) is 13.1 Å². The van der Waals surface area contributed by atoms with Gasteiger partial charge in [-0.2, -0.15) is 0 Å². The third kappa shape index (κ3) is 3.73. The first-order chi connectivity index (χ1) is 5.34. The van der Waals surface area contributed by atoms with Crippen LogP contribution in [0, 0.1) is 5.92 Å². The molecule has 0 aromatic carbocycles. The van der Waals surface area contributed by atoms with Gasteiger partial charge in [0.25, 0.3) is 0 Å². The van der Waals surface area contributed by atoms with Crippen molar-refractivity contribution in [1.29, 1.82) is 0 Å². The van der Waals surface area contributed by atoms with Gasteiger partial charge in [0.15, 0.2) is 0 Å². The van der Waals surface area contributed by atoms with E-state index in [1.807, 2.05) is 0 Å². The summed E-state index contributed by atoms with van der Waals surface area (Å²) in [5.41, 5.74) is 5.93. The van der Waals surface area contributed by atoms with Crippen LogP contribution in [0.15, 0.2) is 0 Å². The van der Waals surface area contributed by atoms with Crippen molar-refractivity contribution in [3.05, 3.63) is 0 Å². The zero-order chi connectivity index (χ0) is 8.10. The molecule has 0 aromatic rings. The molecule has 1 atom stereocenters. The second-order valence-corrected chi connectivity index (χ2v) is 3.50. The van der Waals surface area contributed by atoms with E-state index in [0.717, 1.165) is 19.0 Å². The summed E-state index contributed by atoms with van der Waals surface area (Å²) in [6.07, 6.45) is 5.20. The Labute approximate surface area is 69.5 Å². The average molecular weight is 156 g/mol. The van der Waals surface area contributed by atoms with Crippen molar-refractivity contribution in [2.45, 2.75) is 38.6 Å². The maximum absolute atomic E-state index is 5.93. The van der Waals surface area contributed by atoms with Gasteiger partial charge >= 0.3 is 0 Å². The molecule has 0 heterocycles. The summed E-state index contributed by atoms with van der Waals surface area (Å²) in [6, 6.07) is 0.494. The first-order valence-corrected chi connectivity index (χ1v) is 4.81. The fourth-order valence-electron chi connectivity index (χ4n) is 1.40. The van der Waals surface area contributed by atoms with E-state index in [1.54, 1.807) is 0 Å². The van der Waals surface area contributed by atoms with Crippen LogP contribution in [-0.4, -0.2) is 19.1 Å². The van der Waals surface area contributed by atoms with Gasteiger partial charge in [-0.25, -0.2) is 0 Å². The zero-order valence-electron chi connectivity index (χ0n) is 7.47. The molecule has 0 aliphatic heterocycles. The molecule has 0 saturated heterocycles. The van der Waals surface area contributed by atoms with Crippen molar-refractivity contribution < 1.29 is 0 Å². The third-order valence-electron chi connectivity index (χ3n) is 2.37. The van der Waals surface area contributed by atoms with E-state index in [4.69, 9.17) is 5.73 Å². The molecule has 1 aliphatic rings. The highest BCUT2D eigenvalue weighted by atomic mass is 14.8. The van der Waals surface area contributed by atoms with Crippen LogP contribution in [0.3, 0.4) is 0 Å². The van der Waals surface area contributed by atoms with Crippen LogP contribution in [-0.2, 0) is 0 Å². The lowest BCUT2D eigenvalue weighted by molar-refractivity contribution is 0.513. The van der Waals surface area contributed by atoms with Gasteiger partial charge < -0.3 is 11.1 Å². The quantitative estimate of drug-likeness (QED) is 0.565. The second-order valence-electron chi connectivity index (χ2n) is 3.50. The van der Waals surface area contributed by atoms with Crippen LogP contribution in [0.5, 0.6) is 0 Å². The molecule has 2 nitrogen and oxygen atoms in total. The van der Waals surface area contributed by atoms with Gasteiger partial charge in [0.2, 0.25) is 0 Å². The number of nitrogens with two attached hydrogens (primary N) is 1. The summed E-state index contributed by atoms with van der Waals surface area (Å²) < 4.78 is 0. The fraction of sp³-hybridized carbons (Fsp3) is 1.00. The molecule has 0 spiro atoms. The van der Waals surface area contributed by atoms with Gasteiger partial charge in [0, 0.05) is 6.04 Å². The molecule has 1 unspecified atom stereocenters. The van der Waals surface area contributed by atoms with Crippen molar-refractivity contribution in [1.82, 2.24) is 5.32 Å². The van der Waals surface area contributed by atoms with Gasteiger partial charge in [0.05, 0.1) is 0 Å². The highest BCUT2D eigenvalue weighted by Crippen LogP contribution is 2.33.